The molecule has 1 aliphatic rings. The predicted octanol–water partition coefficient (Wildman–Crippen LogP) is 4.99. The molecule has 7 heteroatoms. The van der Waals surface area contributed by atoms with Gasteiger partial charge in [0.15, 0.2) is 11.5 Å². The number of ether oxygens (including phenoxy) is 3. The van der Waals surface area contributed by atoms with Gasteiger partial charge in [0, 0.05) is 19.1 Å². The zero-order valence-corrected chi connectivity index (χ0v) is 21.2. The van der Waals surface area contributed by atoms with Gasteiger partial charge in [0.25, 0.3) is 0 Å². The third-order valence-corrected chi connectivity index (χ3v) is 6.12. The number of hydrogen-bond acceptors (Lipinski definition) is 6. The van der Waals surface area contributed by atoms with Gasteiger partial charge in [0.2, 0.25) is 5.88 Å². The summed E-state index contributed by atoms with van der Waals surface area (Å²) in [5.41, 5.74) is 2.95. The second-order valence-electron chi connectivity index (χ2n) is 9.28. The van der Waals surface area contributed by atoms with Crippen LogP contribution in [0.4, 0.5) is 0 Å². The van der Waals surface area contributed by atoms with Gasteiger partial charge in [-0.3, -0.25) is 4.90 Å². The first kappa shape index (κ1) is 25.2. The van der Waals surface area contributed by atoms with Crippen molar-refractivity contribution in [3.05, 3.63) is 65.9 Å². The SMILES string of the molecule is CCc1nn(-c2ccccc2)c(Oc2ccccc2OC)c1CN(C[C@H](O)COC(C)C)C1CC1. The molecule has 0 radical (unpaired) electrons. The van der Waals surface area contributed by atoms with E-state index < -0.39 is 6.10 Å². The normalized spacial score (nSPS) is 14.5. The molecule has 0 unspecified atom stereocenters. The maximum Gasteiger partial charge on any atom is 0.227 e. The molecule has 2 aromatic carbocycles. The Hall–Kier alpha value is -2.87. The summed E-state index contributed by atoms with van der Waals surface area (Å²) in [4.78, 5) is 2.34. The number of hydrogen-bond donors (Lipinski definition) is 1. The molecule has 1 heterocycles. The van der Waals surface area contributed by atoms with E-state index in [1.807, 2.05) is 73.1 Å². The topological polar surface area (TPSA) is 69.0 Å². The average molecular weight is 480 g/mol. The summed E-state index contributed by atoms with van der Waals surface area (Å²) in [7, 11) is 1.64. The standard InChI is InChI=1S/C28H37N3O4/c1-5-25-24(18-30(21-15-16-21)17-23(32)19-34-20(2)3)28(31(29-25)22-11-7-6-8-12-22)35-27-14-10-9-13-26(27)33-4/h6-14,20-21,23,32H,5,15-19H2,1-4H3/t23-/m0/s1. The van der Waals surface area contributed by atoms with Crippen LogP contribution in [-0.2, 0) is 17.7 Å². The molecule has 188 valence electrons. The summed E-state index contributed by atoms with van der Waals surface area (Å²) in [5, 5.41) is 15.6. The number of para-hydroxylation sites is 3. The molecule has 3 aromatic rings. The van der Waals surface area contributed by atoms with Crippen molar-refractivity contribution in [1.29, 1.82) is 0 Å². The molecule has 0 aliphatic heterocycles. The average Bonchev–Trinajstić information content (AvgIpc) is 3.67. The third-order valence-electron chi connectivity index (χ3n) is 6.12. The zero-order chi connectivity index (χ0) is 24.8. The fraction of sp³-hybridized carbons (Fsp3) is 0.464. The van der Waals surface area contributed by atoms with Crippen LogP contribution in [0.25, 0.3) is 5.69 Å². The molecule has 7 nitrogen and oxygen atoms in total. The van der Waals surface area contributed by atoms with Crippen molar-refractivity contribution in [3.63, 3.8) is 0 Å². The van der Waals surface area contributed by atoms with E-state index in [9.17, 15) is 5.11 Å². The molecule has 0 saturated heterocycles. The van der Waals surface area contributed by atoms with Gasteiger partial charge in [-0.05, 0) is 57.4 Å². The summed E-state index contributed by atoms with van der Waals surface area (Å²) < 4.78 is 19.6. The lowest BCUT2D eigenvalue weighted by atomic mass is 10.1. The fourth-order valence-corrected chi connectivity index (χ4v) is 4.19. The predicted molar refractivity (Wildman–Crippen MR) is 137 cm³/mol. The van der Waals surface area contributed by atoms with Crippen LogP contribution in [0.3, 0.4) is 0 Å². The molecule has 1 aliphatic carbocycles. The highest BCUT2D eigenvalue weighted by molar-refractivity contribution is 5.47. The maximum absolute atomic E-state index is 10.7. The quantitative estimate of drug-likeness (QED) is 0.373. The fourth-order valence-electron chi connectivity index (χ4n) is 4.19. The smallest absolute Gasteiger partial charge is 0.227 e. The number of benzene rings is 2. The molecule has 0 spiro atoms. The monoisotopic (exact) mass is 479 g/mol. The first-order valence-electron chi connectivity index (χ1n) is 12.5. The van der Waals surface area contributed by atoms with Crippen molar-refractivity contribution in [1.82, 2.24) is 14.7 Å². The van der Waals surface area contributed by atoms with E-state index in [1.54, 1.807) is 7.11 Å². The molecule has 1 atom stereocenters. The second-order valence-corrected chi connectivity index (χ2v) is 9.28. The number of aromatic nitrogens is 2. The zero-order valence-electron chi connectivity index (χ0n) is 21.2. The van der Waals surface area contributed by atoms with E-state index in [2.05, 4.69) is 11.8 Å². The van der Waals surface area contributed by atoms with Gasteiger partial charge >= 0.3 is 0 Å². The highest BCUT2D eigenvalue weighted by Crippen LogP contribution is 2.38. The molecule has 35 heavy (non-hydrogen) atoms. The minimum Gasteiger partial charge on any atom is -0.493 e. The number of aliphatic hydroxyl groups is 1. The number of rotatable bonds is 13. The van der Waals surface area contributed by atoms with E-state index in [-0.39, 0.29) is 6.10 Å². The first-order chi connectivity index (χ1) is 17.0. The van der Waals surface area contributed by atoms with Gasteiger partial charge in [-0.15, -0.1) is 0 Å². The van der Waals surface area contributed by atoms with Gasteiger partial charge < -0.3 is 19.3 Å². The second kappa shape index (κ2) is 11.7. The Morgan fingerprint density at radius 2 is 1.74 bits per heavy atom. The van der Waals surface area contributed by atoms with Crippen LogP contribution in [0.1, 0.15) is 44.9 Å². The van der Waals surface area contributed by atoms with E-state index in [0.717, 1.165) is 36.2 Å². The van der Waals surface area contributed by atoms with Gasteiger partial charge in [-0.2, -0.15) is 5.10 Å². The van der Waals surface area contributed by atoms with Crippen molar-refractivity contribution >= 4 is 0 Å². The largest absolute Gasteiger partial charge is 0.493 e. The molecule has 4 rings (SSSR count). The lowest BCUT2D eigenvalue weighted by molar-refractivity contribution is -0.0107. The Morgan fingerprint density at radius 1 is 1.06 bits per heavy atom. The highest BCUT2D eigenvalue weighted by atomic mass is 16.5. The van der Waals surface area contributed by atoms with Crippen molar-refractivity contribution in [2.45, 2.75) is 64.8 Å². The minimum atomic E-state index is -0.550. The van der Waals surface area contributed by atoms with Crippen molar-refractivity contribution in [2.24, 2.45) is 0 Å². The number of aryl methyl sites for hydroxylation is 1. The molecule has 0 amide bonds. The summed E-state index contributed by atoms with van der Waals surface area (Å²) in [6, 6.07) is 18.1. The summed E-state index contributed by atoms with van der Waals surface area (Å²) in [5.74, 6) is 1.98. The Bertz CT molecular complexity index is 1080. The van der Waals surface area contributed by atoms with Crippen molar-refractivity contribution in [3.8, 4) is 23.1 Å². The van der Waals surface area contributed by atoms with Crippen LogP contribution in [0, 0.1) is 0 Å². The molecule has 1 fully saturated rings. The first-order valence-corrected chi connectivity index (χ1v) is 12.5. The third kappa shape index (κ3) is 6.42. The van der Waals surface area contributed by atoms with Crippen molar-refractivity contribution in [2.75, 3.05) is 20.3 Å². The van der Waals surface area contributed by atoms with E-state index in [0.29, 0.717) is 43.1 Å². The van der Waals surface area contributed by atoms with Crippen LogP contribution in [-0.4, -0.2) is 58.3 Å². The Labute approximate surface area is 208 Å². The Kier molecular flexibility index (Phi) is 8.44. The lowest BCUT2D eigenvalue weighted by Gasteiger charge is -2.26. The Morgan fingerprint density at radius 3 is 2.37 bits per heavy atom. The molecule has 1 aromatic heterocycles. The van der Waals surface area contributed by atoms with Crippen LogP contribution in [0.15, 0.2) is 54.6 Å². The van der Waals surface area contributed by atoms with E-state index >= 15 is 0 Å². The number of aliphatic hydroxyl groups excluding tert-OH is 1. The van der Waals surface area contributed by atoms with Gasteiger partial charge in [-0.1, -0.05) is 37.3 Å². The van der Waals surface area contributed by atoms with Crippen LogP contribution in [0.2, 0.25) is 0 Å². The van der Waals surface area contributed by atoms with Gasteiger partial charge in [-0.25, -0.2) is 4.68 Å². The Balaban J connectivity index is 1.70. The molecular formula is C28H37N3O4. The summed E-state index contributed by atoms with van der Waals surface area (Å²) >= 11 is 0. The molecule has 0 bridgehead atoms. The van der Waals surface area contributed by atoms with Crippen LogP contribution in [0.5, 0.6) is 17.4 Å². The van der Waals surface area contributed by atoms with Gasteiger partial charge in [0.05, 0.1) is 42.9 Å². The van der Waals surface area contributed by atoms with Crippen LogP contribution >= 0.6 is 0 Å². The van der Waals surface area contributed by atoms with E-state index in [4.69, 9.17) is 19.3 Å². The van der Waals surface area contributed by atoms with Crippen LogP contribution < -0.4 is 9.47 Å². The highest BCUT2D eigenvalue weighted by Gasteiger charge is 2.33. The minimum absolute atomic E-state index is 0.0932. The lowest BCUT2D eigenvalue weighted by Crippen LogP contribution is -2.36. The number of nitrogens with zero attached hydrogens (tertiary/aromatic N) is 3. The van der Waals surface area contributed by atoms with E-state index in [1.165, 1.54) is 0 Å². The maximum atomic E-state index is 10.7. The molecule has 1 saturated carbocycles. The molecular weight excluding hydrogens is 442 g/mol. The van der Waals surface area contributed by atoms with Crippen molar-refractivity contribution < 1.29 is 19.3 Å². The molecule has 1 N–H and O–H groups in total. The summed E-state index contributed by atoms with van der Waals surface area (Å²) in [6.45, 7) is 7.60. The van der Waals surface area contributed by atoms with Gasteiger partial charge in [0.1, 0.15) is 0 Å². The number of methoxy groups -OCH3 is 1. The summed E-state index contributed by atoms with van der Waals surface area (Å²) in [6.07, 6.45) is 2.58.